The van der Waals surface area contributed by atoms with Crippen molar-refractivity contribution in [2.75, 3.05) is 0 Å². The van der Waals surface area contributed by atoms with Gasteiger partial charge in [0.15, 0.2) is 11.5 Å². The first-order chi connectivity index (χ1) is 20.0. The molecule has 5 heteroatoms. The summed E-state index contributed by atoms with van der Waals surface area (Å²) in [7, 11) is 0. The minimum Gasteiger partial charge on any atom is -0.504 e. The maximum atomic E-state index is 11.0. The molecule has 5 nitrogen and oxygen atoms in total. The molecule has 0 aromatic heterocycles. The van der Waals surface area contributed by atoms with Gasteiger partial charge in [-0.1, -0.05) is 103 Å². The average Bonchev–Trinajstić information content (AvgIpc) is 3.02. The molecule has 0 amide bonds. The van der Waals surface area contributed by atoms with Gasteiger partial charge in [0.25, 0.3) is 0 Å². The van der Waals surface area contributed by atoms with Crippen molar-refractivity contribution in [1.29, 1.82) is 0 Å². The number of phenols is 5. The number of rotatable bonds is 3. The molecule has 0 aliphatic heterocycles. The average molecular weight is 537 g/mol. The highest BCUT2D eigenvalue weighted by atomic mass is 16.4. The quantitative estimate of drug-likeness (QED) is 0.0884. The van der Waals surface area contributed by atoms with E-state index >= 15 is 0 Å². The molecule has 7 aromatic carbocycles. The van der Waals surface area contributed by atoms with Crippen LogP contribution < -0.4 is 0 Å². The van der Waals surface area contributed by atoms with Crippen molar-refractivity contribution >= 4 is 32.3 Å². The second-order valence-corrected chi connectivity index (χ2v) is 10.1. The van der Waals surface area contributed by atoms with Crippen LogP contribution in [0.4, 0.5) is 0 Å². The van der Waals surface area contributed by atoms with Gasteiger partial charge in [0, 0.05) is 5.56 Å². The number of hydrogen-bond donors (Lipinski definition) is 5. The maximum Gasteiger partial charge on any atom is 0.208 e. The van der Waals surface area contributed by atoms with E-state index in [1.54, 1.807) is 0 Å². The molecule has 0 saturated carbocycles. The highest BCUT2D eigenvalue weighted by Gasteiger charge is 2.28. The van der Waals surface area contributed by atoms with Crippen molar-refractivity contribution in [2.45, 2.75) is 0 Å². The summed E-state index contributed by atoms with van der Waals surface area (Å²) in [6.45, 7) is 0. The van der Waals surface area contributed by atoms with Crippen LogP contribution in [-0.4, -0.2) is 25.5 Å². The van der Waals surface area contributed by atoms with E-state index < -0.39 is 28.7 Å². The zero-order valence-electron chi connectivity index (χ0n) is 21.7. The van der Waals surface area contributed by atoms with E-state index in [0.29, 0.717) is 16.3 Å². The number of phenolic OH excluding ortho intramolecular Hbond substituents is 5. The monoisotopic (exact) mass is 536 g/mol. The Morgan fingerprint density at radius 3 is 1.32 bits per heavy atom. The van der Waals surface area contributed by atoms with E-state index in [2.05, 4.69) is 36.4 Å². The first-order valence-corrected chi connectivity index (χ1v) is 13.2. The molecular formula is C36H24O5. The van der Waals surface area contributed by atoms with Gasteiger partial charge in [-0.15, -0.1) is 0 Å². The molecule has 41 heavy (non-hydrogen) atoms. The fourth-order valence-corrected chi connectivity index (χ4v) is 5.92. The van der Waals surface area contributed by atoms with E-state index in [1.807, 2.05) is 78.9 Å². The Labute approximate surface area is 235 Å². The van der Waals surface area contributed by atoms with Gasteiger partial charge in [0.1, 0.15) is 0 Å². The maximum absolute atomic E-state index is 11.0. The van der Waals surface area contributed by atoms with Crippen molar-refractivity contribution in [2.24, 2.45) is 0 Å². The summed E-state index contributed by atoms with van der Waals surface area (Å²) in [6.07, 6.45) is 0. The third kappa shape index (κ3) is 3.63. The van der Waals surface area contributed by atoms with Crippen molar-refractivity contribution < 1.29 is 25.5 Å². The van der Waals surface area contributed by atoms with Crippen molar-refractivity contribution in [3.63, 3.8) is 0 Å². The van der Waals surface area contributed by atoms with Crippen LogP contribution in [0.15, 0.2) is 115 Å². The summed E-state index contributed by atoms with van der Waals surface area (Å²) >= 11 is 0. The highest BCUT2D eigenvalue weighted by molar-refractivity contribution is 6.24. The number of benzene rings is 7. The van der Waals surface area contributed by atoms with Gasteiger partial charge in [0.05, 0.1) is 5.56 Å². The summed E-state index contributed by atoms with van der Waals surface area (Å²) in [4.78, 5) is 0. The van der Waals surface area contributed by atoms with Gasteiger partial charge in [-0.25, -0.2) is 0 Å². The van der Waals surface area contributed by atoms with Crippen LogP contribution in [0.2, 0.25) is 0 Å². The molecule has 198 valence electrons. The largest absolute Gasteiger partial charge is 0.504 e. The van der Waals surface area contributed by atoms with Crippen LogP contribution in [0, 0.1) is 0 Å². The van der Waals surface area contributed by atoms with Gasteiger partial charge in [-0.3, -0.25) is 0 Å². The lowest BCUT2D eigenvalue weighted by Gasteiger charge is -2.21. The van der Waals surface area contributed by atoms with Crippen LogP contribution in [-0.2, 0) is 0 Å². The van der Waals surface area contributed by atoms with Crippen LogP contribution in [0.5, 0.6) is 28.7 Å². The zero-order valence-corrected chi connectivity index (χ0v) is 21.7. The molecule has 0 aliphatic carbocycles. The lowest BCUT2D eigenvalue weighted by molar-refractivity contribution is 0.330. The SMILES string of the molecule is Oc1c(O)c(O)c(-c2c3ccccc3c(-c3cc(-c4ccccc4)cc4ccccc34)c3ccccc23)c(O)c1O. The van der Waals surface area contributed by atoms with Crippen LogP contribution >= 0.6 is 0 Å². The van der Waals surface area contributed by atoms with Crippen LogP contribution in [0.25, 0.3) is 65.7 Å². The summed E-state index contributed by atoms with van der Waals surface area (Å²) in [5.41, 5.74) is 4.41. The molecule has 0 spiro atoms. The molecule has 0 bridgehead atoms. The third-order valence-corrected chi connectivity index (χ3v) is 7.79. The molecular weight excluding hydrogens is 512 g/mol. The van der Waals surface area contributed by atoms with Crippen molar-refractivity contribution in [3.05, 3.63) is 115 Å². The van der Waals surface area contributed by atoms with E-state index in [0.717, 1.165) is 43.8 Å². The standard InChI is InChI=1S/C36H24O5/c37-32-31(33(38)35(40)36(41)34(32)39)30-26-16-8-6-14-24(26)29(25-15-7-9-17-27(25)30)28-19-22(20-10-2-1-3-11-20)18-21-12-4-5-13-23(21)28/h1-19,37-41H. The topological polar surface area (TPSA) is 101 Å². The molecule has 7 aromatic rings. The van der Waals surface area contributed by atoms with Crippen LogP contribution in [0.3, 0.4) is 0 Å². The lowest BCUT2D eigenvalue weighted by atomic mass is 9.83. The Morgan fingerprint density at radius 2 is 0.756 bits per heavy atom. The van der Waals surface area contributed by atoms with Gasteiger partial charge in [0.2, 0.25) is 17.2 Å². The number of hydrogen-bond acceptors (Lipinski definition) is 5. The Balaban J connectivity index is 1.68. The Morgan fingerprint density at radius 1 is 0.317 bits per heavy atom. The lowest BCUT2D eigenvalue weighted by Crippen LogP contribution is -1.93. The second kappa shape index (κ2) is 9.21. The van der Waals surface area contributed by atoms with Gasteiger partial charge in [-0.05, 0) is 66.7 Å². The Bertz CT molecular complexity index is 2060. The molecule has 0 saturated heterocycles. The van der Waals surface area contributed by atoms with Gasteiger partial charge >= 0.3 is 0 Å². The summed E-state index contributed by atoms with van der Waals surface area (Å²) in [6, 6.07) is 38.1. The molecule has 0 radical (unpaired) electrons. The number of aromatic hydroxyl groups is 5. The molecule has 7 rings (SSSR count). The fraction of sp³-hybridized carbons (Fsp3) is 0. The molecule has 0 atom stereocenters. The summed E-state index contributed by atoms with van der Waals surface area (Å²) < 4.78 is 0. The number of fused-ring (bicyclic) bond motifs is 3. The van der Waals surface area contributed by atoms with E-state index in [-0.39, 0.29) is 5.56 Å². The van der Waals surface area contributed by atoms with Gasteiger partial charge in [-0.2, -0.15) is 0 Å². The van der Waals surface area contributed by atoms with Gasteiger partial charge < -0.3 is 25.5 Å². The molecule has 5 N–H and O–H groups in total. The predicted octanol–water partition coefficient (Wildman–Crippen LogP) is 8.68. The minimum absolute atomic E-state index is 0.167. The summed E-state index contributed by atoms with van der Waals surface area (Å²) in [5.74, 6) is -4.25. The highest BCUT2D eigenvalue weighted by Crippen LogP contribution is 2.58. The normalized spacial score (nSPS) is 11.4. The van der Waals surface area contributed by atoms with E-state index in [4.69, 9.17) is 0 Å². The Kier molecular flexibility index (Phi) is 5.47. The molecule has 0 aliphatic rings. The summed E-state index contributed by atoms with van der Waals surface area (Å²) in [5, 5.41) is 58.1. The first kappa shape index (κ1) is 24.4. The molecule has 0 unspecified atom stereocenters. The van der Waals surface area contributed by atoms with E-state index in [1.165, 1.54) is 0 Å². The smallest absolute Gasteiger partial charge is 0.208 e. The third-order valence-electron chi connectivity index (χ3n) is 7.79. The van der Waals surface area contributed by atoms with Crippen molar-refractivity contribution in [1.82, 2.24) is 0 Å². The molecule has 0 heterocycles. The van der Waals surface area contributed by atoms with E-state index in [9.17, 15) is 25.5 Å². The minimum atomic E-state index is -0.988. The van der Waals surface area contributed by atoms with Crippen molar-refractivity contribution in [3.8, 4) is 62.1 Å². The zero-order chi connectivity index (χ0) is 28.2. The molecule has 0 fully saturated rings. The first-order valence-electron chi connectivity index (χ1n) is 13.2. The Hall–Kier alpha value is -5.68. The second-order valence-electron chi connectivity index (χ2n) is 10.1. The van der Waals surface area contributed by atoms with Crippen LogP contribution in [0.1, 0.15) is 0 Å². The predicted molar refractivity (Wildman–Crippen MR) is 164 cm³/mol. The fourth-order valence-electron chi connectivity index (χ4n) is 5.92.